The summed E-state index contributed by atoms with van der Waals surface area (Å²) in [6, 6.07) is 4.81. The lowest BCUT2D eigenvalue weighted by Gasteiger charge is -2.09. The number of benzene rings is 1. The predicted octanol–water partition coefficient (Wildman–Crippen LogP) is 1.75. The van der Waals surface area contributed by atoms with Crippen LogP contribution in [0.2, 0.25) is 0 Å². The van der Waals surface area contributed by atoms with E-state index in [2.05, 4.69) is 5.32 Å². The van der Waals surface area contributed by atoms with Gasteiger partial charge in [0.2, 0.25) is 0 Å². The van der Waals surface area contributed by atoms with Gasteiger partial charge in [-0.1, -0.05) is 12.1 Å². The Morgan fingerprint density at radius 1 is 1.39 bits per heavy atom. The van der Waals surface area contributed by atoms with Crippen LogP contribution < -0.4 is 5.32 Å². The van der Waals surface area contributed by atoms with Gasteiger partial charge in [-0.2, -0.15) is 0 Å². The van der Waals surface area contributed by atoms with E-state index in [0.717, 1.165) is 5.56 Å². The smallest absolute Gasteiger partial charge is 0.292 e. The Labute approximate surface area is 106 Å². The fourth-order valence-corrected chi connectivity index (χ4v) is 2.25. The fraction of sp³-hybridized carbons (Fsp3) is 0.455. The van der Waals surface area contributed by atoms with E-state index in [0.29, 0.717) is 18.7 Å². The molecular formula is C11H16N2O4S. The van der Waals surface area contributed by atoms with Gasteiger partial charge < -0.3 is 5.32 Å². The van der Waals surface area contributed by atoms with Crippen molar-refractivity contribution >= 4 is 21.2 Å². The lowest BCUT2D eigenvalue weighted by molar-refractivity contribution is -0.384. The molecule has 0 bridgehead atoms. The predicted molar refractivity (Wildman–Crippen MR) is 70.7 cm³/mol. The van der Waals surface area contributed by atoms with Gasteiger partial charge in [-0.3, -0.25) is 10.1 Å². The Morgan fingerprint density at radius 2 is 2.06 bits per heavy atom. The Kier molecular flexibility index (Phi) is 4.66. The molecule has 1 aromatic carbocycles. The van der Waals surface area contributed by atoms with Gasteiger partial charge in [0.1, 0.15) is 15.5 Å². The molecule has 0 radical (unpaired) electrons. The number of nitro groups is 1. The summed E-state index contributed by atoms with van der Waals surface area (Å²) in [7, 11) is -2.99. The van der Waals surface area contributed by atoms with Crippen LogP contribution in [0.1, 0.15) is 12.0 Å². The zero-order chi connectivity index (χ0) is 13.8. The van der Waals surface area contributed by atoms with Gasteiger partial charge in [-0.05, 0) is 18.9 Å². The van der Waals surface area contributed by atoms with E-state index < -0.39 is 14.8 Å². The maximum Gasteiger partial charge on any atom is 0.292 e. The summed E-state index contributed by atoms with van der Waals surface area (Å²) in [5.41, 5.74) is 1.23. The van der Waals surface area contributed by atoms with Crippen molar-refractivity contribution in [1.82, 2.24) is 0 Å². The van der Waals surface area contributed by atoms with Crippen molar-refractivity contribution in [3.63, 3.8) is 0 Å². The van der Waals surface area contributed by atoms with Crippen molar-refractivity contribution in [3.05, 3.63) is 33.9 Å². The molecule has 0 heterocycles. The van der Waals surface area contributed by atoms with Gasteiger partial charge in [-0.15, -0.1) is 0 Å². The number of rotatable bonds is 6. The summed E-state index contributed by atoms with van der Waals surface area (Å²) in [6.45, 7) is 2.16. The molecule has 0 saturated carbocycles. The monoisotopic (exact) mass is 272 g/mol. The standard InChI is InChI=1S/C11H16N2O4S/c1-9-5-3-6-10(13(14)15)11(9)12-7-4-8-18(2,16)17/h3,5-6,12H,4,7-8H2,1-2H3. The van der Waals surface area contributed by atoms with E-state index in [-0.39, 0.29) is 11.4 Å². The summed E-state index contributed by atoms with van der Waals surface area (Å²) in [5.74, 6) is 0.0691. The number of hydrogen-bond acceptors (Lipinski definition) is 5. The molecule has 1 aromatic rings. The lowest BCUT2D eigenvalue weighted by Crippen LogP contribution is -2.11. The number of aryl methyl sites for hydroxylation is 1. The van der Waals surface area contributed by atoms with Crippen molar-refractivity contribution < 1.29 is 13.3 Å². The lowest BCUT2D eigenvalue weighted by atomic mass is 10.1. The minimum Gasteiger partial charge on any atom is -0.379 e. The number of nitro benzene ring substituents is 1. The minimum atomic E-state index is -2.99. The first-order chi connectivity index (χ1) is 8.31. The molecule has 0 unspecified atom stereocenters. The first-order valence-corrected chi connectivity index (χ1v) is 7.53. The summed E-state index contributed by atoms with van der Waals surface area (Å²) < 4.78 is 21.9. The van der Waals surface area contributed by atoms with Crippen LogP contribution in [0.15, 0.2) is 18.2 Å². The highest BCUT2D eigenvalue weighted by molar-refractivity contribution is 7.90. The van der Waals surface area contributed by atoms with E-state index in [1.165, 1.54) is 12.3 Å². The van der Waals surface area contributed by atoms with Crippen molar-refractivity contribution in [2.24, 2.45) is 0 Å². The van der Waals surface area contributed by atoms with E-state index in [1.807, 2.05) is 0 Å². The van der Waals surface area contributed by atoms with E-state index in [4.69, 9.17) is 0 Å². The summed E-state index contributed by atoms with van der Waals surface area (Å²) >= 11 is 0. The third-order valence-electron chi connectivity index (χ3n) is 2.44. The van der Waals surface area contributed by atoms with Crippen LogP contribution in [0.5, 0.6) is 0 Å². The Bertz CT molecular complexity index is 540. The highest BCUT2D eigenvalue weighted by Gasteiger charge is 2.14. The summed E-state index contributed by atoms with van der Waals surface area (Å²) in [6.07, 6.45) is 1.59. The third kappa shape index (κ3) is 4.33. The number of nitrogens with zero attached hydrogens (tertiary/aromatic N) is 1. The third-order valence-corrected chi connectivity index (χ3v) is 3.47. The molecule has 0 aromatic heterocycles. The summed E-state index contributed by atoms with van der Waals surface area (Å²) in [4.78, 5) is 10.4. The van der Waals surface area contributed by atoms with E-state index >= 15 is 0 Å². The average Bonchev–Trinajstić information content (AvgIpc) is 2.24. The van der Waals surface area contributed by atoms with Crippen molar-refractivity contribution in [3.8, 4) is 0 Å². The second-order valence-corrected chi connectivity index (χ2v) is 6.40. The molecule has 7 heteroatoms. The Balaban J connectivity index is 2.70. The first kappa shape index (κ1) is 14.4. The molecule has 0 aliphatic heterocycles. The number of para-hydroxylation sites is 1. The average molecular weight is 272 g/mol. The highest BCUT2D eigenvalue weighted by atomic mass is 32.2. The van der Waals surface area contributed by atoms with Crippen molar-refractivity contribution in [2.75, 3.05) is 23.9 Å². The molecule has 0 aliphatic rings. The fourth-order valence-electron chi connectivity index (χ4n) is 1.58. The first-order valence-electron chi connectivity index (χ1n) is 5.47. The van der Waals surface area contributed by atoms with Crippen LogP contribution in [0.4, 0.5) is 11.4 Å². The van der Waals surface area contributed by atoms with E-state index in [9.17, 15) is 18.5 Å². The summed E-state index contributed by atoms with van der Waals surface area (Å²) in [5, 5.41) is 13.8. The number of anilines is 1. The van der Waals surface area contributed by atoms with Crippen LogP contribution in [0, 0.1) is 17.0 Å². The second-order valence-electron chi connectivity index (χ2n) is 4.14. The van der Waals surface area contributed by atoms with Crippen LogP contribution in [-0.4, -0.2) is 31.9 Å². The number of hydrogen-bond donors (Lipinski definition) is 1. The van der Waals surface area contributed by atoms with Gasteiger partial charge in [0.15, 0.2) is 0 Å². The molecule has 1 N–H and O–H groups in total. The zero-order valence-electron chi connectivity index (χ0n) is 10.3. The van der Waals surface area contributed by atoms with Gasteiger partial charge in [0, 0.05) is 18.9 Å². The largest absolute Gasteiger partial charge is 0.379 e. The quantitative estimate of drug-likeness (QED) is 0.484. The van der Waals surface area contributed by atoms with Gasteiger partial charge in [-0.25, -0.2) is 8.42 Å². The number of nitrogens with one attached hydrogen (secondary N) is 1. The maximum absolute atomic E-state index is 10.9. The molecule has 0 aliphatic carbocycles. The Hall–Kier alpha value is -1.63. The van der Waals surface area contributed by atoms with Gasteiger partial charge >= 0.3 is 0 Å². The van der Waals surface area contributed by atoms with Crippen LogP contribution >= 0.6 is 0 Å². The zero-order valence-corrected chi connectivity index (χ0v) is 11.2. The molecule has 6 nitrogen and oxygen atoms in total. The molecule has 18 heavy (non-hydrogen) atoms. The van der Waals surface area contributed by atoms with Gasteiger partial charge in [0.05, 0.1) is 10.7 Å². The van der Waals surface area contributed by atoms with Crippen LogP contribution in [-0.2, 0) is 9.84 Å². The molecule has 1 rings (SSSR count). The normalized spacial score (nSPS) is 11.2. The molecular weight excluding hydrogens is 256 g/mol. The molecule has 0 fully saturated rings. The minimum absolute atomic E-state index is 0.00866. The second kappa shape index (κ2) is 5.81. The SMILES string of the molecule is Cc1cccc([N+](=O)[O-])c1NCCCS(C)(=O)=O. The molecule has 0 amide bonds. The van der Waals surface area contributed by atoms with E-state index in [1.54, 1.807) is 19.1 Å². The Morgan fingerprint density at radius 3 is 2.61 bits per heavy atom. The molecule has 0 saturated heterocycles. The molecule has 0 spiro atoms. The van der Waals surface area contributed by atoms with Crippen molar-refractivity contribution in [1.29, 1.82) is 0 Å². The molecule has 100 valence electrons. The highest BCUT2D eigenvalue weighted by Crippen LogP contribution is 2.27. The van der Waals surface area contributed by atoms with Crippen LogP contribution in [0.3, 0.4) is 0 Å². The topological polar surface area (TPSA) is 89.3 Å². The molecule has 0 atom stereocenters. The van der Waals surface area contributed by atoms with Crippen molar-refractivity contribution in [2.45, 2.75) is 13.3 Å². The van der Waals surface area contributed by atoms with Crippen LogP contribution in [0.25, 0.3) is 0 Å². The number of sulfone groups is 1. The van der Waals surface area contributed by atoms with Gasteiger partial charge in [0.25, 0.3) is 5.69 Å². The maximum atomic E-state index is 10.9.